The van der Waals surface area contributed by atoms with Crippen LogP contribution in [0.5, 0.6) is 0 Å². The van der Waals surface area contributed by atoms with Crippen LogP contribution in [0.3, 0.4) is 0 Å². The summed E-state index contributed by atoms with van der Waals surface area (Å²) in [6.07, 6.45) is 0. The number of anilines is 1. The third kappa shape index (κ3) is 4.59. The predicted molar refractivity (Wildman–Crippen MR) is 99.0 cm³/mol. The zero-order valence-electron chi connectivity index (χ0n) is 15.8. The average molecular weight is 449 g/mol. The zero-order chi connectivity index (χ0) is 20.4. The Hall–Kier alpha value is -1.64. The Kier molecular flexibility index (Phi) is 8.08. The van der Waals surface area contributed by atoms with Gasteiger partial charge in [0, 0.05) is 18.2 Å². The first-order chi connectivity index (χ1) is 13.4. The van der Waals surface area contributed by atoms with Crippen LogP contribution in [0.2, 0.25) is 0 Å². The van der Waals surface area contributed by atoms with Crippen LogP contribution >= 0.6 is 23.1 Å². The molecule has 0 aliphatic carbocycles. The minimum Gasteiger partial charge on any atom is -0.543 e. The van der Waals surface area contributed by atoms with E-state index in [4.69, 9.17) is 10.5 Å². The molecular weight excluding hydrogens is 433 g/mol. The standard InChI is InChI=1S/C15H17N5O6S2.Na/c1-25-3-6-4-27-13-9(12(22)20(13)10(6)14(23)24)18-11(21)8(19-26-2)7-5-28-15(16)17-7;/h5,9,13H,3-4H2,1-2H3,(H2,16,17)(H,18,21)(H,23,24);/q;+1/p-1/b19-8-;/t9?,13-;/m1./s1. The number of thioether (sulfide) groups is 1. The molecule has 1 aromatic rings. The fourth-order valence-electron chi connectivity index (χ4n) is 2.86. The Labute approximate surface area is 196 Å². The molecule has 150 valence electrons. The number of nitrogen functional groups attached to an aromatic ring is 1. The van der Waals surface area contributed by atoms with Gasteiger partial charge >= 0.3 is 29.6 Å². The number of hydrogen-bond acceptors (Lipinski definition) is 11. The van der Waals surface area contributed by atoms with Crippen molar-refractivity contribution in [2.75, 3.05) is 32.3 Å². The van der Waals surface area contributed by atoms with E-state index in [2.05, 4.69) is 20.3 Å². The van der Waals surface area contributed by atoms with Gasteiger partial charge in [0.25, 0.3) is 11.8 Å². The summed E-state index contributed by atoms with van der Waals surface area (Å²) >= 11 is 2.44. The third-order valence-corrected chi connectivity index (χ3v) is 6.02. The number of aliphatic carboxylic acids is 1. The van der Waals surface area contributed by atoms with Gasteiger partial charge in [0.15, 0.2) is 10.8 Å². The second kappa shape index (κ2) is 9.91. The van der Waals surface area contributed by atoms with Crippen molar-refractivity contribution in [2.45, 2.75) is 11.4 Å². The first-order valence-electron chi connectivity index (χ1n) is 7.89. The predicted octanol–water partition coefficient (Wildman–Crippen LogP) is -4.87. The summed E-state index contributed by atoms with van der Waals surface area (Å²) in [5, 5.41) is 18.9. The van der Waals surface area contributed by atoms with Crippen LogP contribution in [0.4, 0.5) is 5.13 Å². The van der Waals surface area contributed by atoms with E-state index < -0.39 is 29.2 Å². The molecule has 29 heavy (non-hydrogen) atoms. The Balaban J connectivity index is 0.00000300. The second-order valence-electron chi connectivity index (χ2n) is 5.73. The molecule has 14 heteroatoms. The number of rotatable bonds is 7. The summed E-state index contributed by atoms with van der Waals surface area (Å²) in [4.78, 5) is 46.4. The number of oxime groups is 1. The summed E-state index contributed by atoms with van der Waals surface area (Å²) in [5.41, 5.74) is 5.88. The number of hydrogen-bond donors (Lipinski definition) is 2. The minimum absolute atomic E-state index is 0. The Morgan fingerprint density at radius 3 is 2.76 bits per heavy atom. The maximum Gasteiger partial charge on any atom is 1.00 e. The number of amides is 2. The van der Waals surface area contributed by atoms with Gasteiger partial charge in [-0.05, 0) is 5.57 Å². The van der Waals surface area contributed by atoms with Crippen molar-refractivity contribution in [1.82, 2.24) is 15.2 Å². The summed E-state index contributed by atoms with van der Waals surface area (Å²) in [6.45, 7) is 0.0692. The van der Waals surface area contributed by atoms with E-state index in [1.165, 1.54) is 31.4 Å². The fourth-order valence-corrected chi connectivity index (χ4v) is 4.73. The molecule has 2 atom stereocenters. The SMILES string of the molecule is COCC1=C(C(=O)[O-])N2C(=O)C(NC(=O)/C(=N\OC)c3csc(N)n3)[C@H]2SC1.[Na+]. The number of carbonyl (C=O) groups excluding carboxylic acids is 3. The van der Waals surface area contributed by atoms with E-state index >= 15 is 0 Å². The van der Waals surface area contributed by atoms with E-state index in [0.29, 0.717) is 11.3 Å². The number of carbonyl (C=O) groups is 3. The normalized spacial score (nSPS) is 21.1. The second-order valence-corrected chi connectivity index (χ2v) is 7.72. The van der Waals surface area contributed by atoms with Gasteiger partial charge < -0.3 is 30.5 Å². The fraction of sp³-hybridized carbons (Fsp3) is 0.400. The monoisotopic (exact) mass is 449 g/mol. The van der Waals surface area contributed by atoms with Crippen molar-refractivity contribution in [1.29, 1.82) is 0 Å². The molecule has 11 nitrogen and oxygen atoms in total. The average Bonchev–Trinajstić information content (AvgIpc) is 3.09. The van der Waals surface area contributed by atoms with Crippen molar-refractivity contribution in [3.8, 4) is 0 Å². The first kappa shape index (κ1) is 23.6. The van der Waals surface area contributed by atoms with E-state index in [0.717, 1.165) is 16.2 Å². The molecule has 3 heterocycles. The molecule has 3 N–H and O–H groups in total. The van der Waals surface area contributed by atoms with Crippen LogP contribution in [-0.2, 0) is 24.0 Å². The van der Waals surface area contributed by atoms with Crippen LogP contribution < -0.4 is 45.7 Å². The summed E-state index contributed by atoms with van der Waals surface area (Å²) < 4.78 is 4.99. The maximum atomic E-state index is 12.6. The van der Waals surface area contributed by atoms with Crippen molar-refractivity contribution in [3.63, 3.8) is 0 Å². The smallest absolute Gasteiger partial charge is 0.543 e. The molecule has 0 spiro atoms. The Morgan fingerprint density at radius 2 is 2.21 bits per heavy atom. The molecule has 2 aliphatic heterocycles. The first-order valence-corrected chi connectivity index (χ1v) is 9.82. The van der Waals surface area contributed by atoms with Gasteiger partial charge in [-0.25, -0.2) is 4.98 Å². The molecule has 0 radical (unpaired) electrons. The van der Waals surface area contributed by atoms with Crippen molar-refractivity contribution < 1.29 is 58.6 Å². The summed E-state index contributed by atoms with van der Waals surface area (Å²) in [5.74, 6) is -2.38. The van der Waals surface area contributed by atoms with Gasteiger partial charge in [-0.2, -0.15) is 0 Å². The number of nitrogens with one attached hydrogen (secondary N) is 1. The quantitative estimate of drug-likeness (QED) is 0.180. The molecule has 3 rings (SSSR count). The number of nitrogens with zero attached hydrogens (tertiary/aromatic N) is 3. The van der Waals surface area contributed by atoms with Crippen LogP contribution in [0.1, 0.15) is 5.69 Å². The molecule has 2 amide bonds. The van der Waals surface area contributed by atoms with Gasteiger partial charge in [0.2, 0.25) is 0 Å². The molecule has 1 aromatic heterocycles. The number of fused-ring (bicyclic) bond motifs is 1. The molecule has 1 fully saturated rings. The topological polar surface area (TPSA) is 159 Å². The molecule has 0 aromatic carbocycles. The number of carboxylic acid groups (broad SMARTS) is 1. The molecule has 1 saturated heterocycles. The van der Waals surface area contributed by atoms with Crippen LogP contribution in [0.15, 0.2) is 21.8 Å². The van der Waals surface area contributed by atoms with E-state index in [-0.39, 0.29) is 58.4 Å². The van der Waals surface area contributed by atoms with Crippen LogP contribution in [0, 0.1) is 0 Å². The number of thiazole rings is 1. The molecule has 1 unspecified atom stereocenters. The van der Waals surface area contributed by atoms with E-state index in [1.54, 1.807) is 0 Å². The van der Waals surface area contributed by atoms with Gasteiger partial charge in [-0.1, -0.05) is 5.16 Å². The number of aromatic nitrogens is 1. The molecular formula is C15H16N5NaO6S2. The van der Waals surface area contributed by atoms with Gasteiger partial charge in [-0.15, -0.1) is 23.1 Å². The van der Waals surface area contributed by atoms with Gasteiger partial charge in [0.05, 0.1) is 18.3 Å². The molecule has 0 saturated carbocycles. The minimum atomic E-state index is -1.46. The third-order valence-electron chi connectivity index (χ3n) is 4.01. The summed E-state index contributed by atoms with van der Waals surface area (Å²) in [6, 6.07) is -0.922. The zero-order valence-corrected chi connectivity index (χ0v) is 19.5. The number of ether oxygens (including phenoxy) is 1. The van der Waals surface area contributed by atoms with Crippen molar-refractivity contribution in [3.05, 3.63) is 22.3 Å². The molecule has 2 aliphatic rings. The maximum absolute atomic E-state index is 12.6. The van der Waals surface area contributed by atoms with Gasteiger partial charge in [0.1, 0.15) is 24.2 Å². The van der Waals surface area contributed by atoms with Gasteiger partial charge in [-0.3, -0.25) is 14.5 Å². The van der Waals surface area contributed by atoms with E-state index in [1.807, 2.05) is 0 Å². The van der Waals surface area contributed by atoms with E-state index in [9.17, 15) is 19.5 Å². The van der Waals surface area contributed by atoms with Crippen molar-refractivity contribution >= 4 is 51.7 Å². The number of carboxylic acids is 1. The number of methoxy groups -OCH3 is 1. The summed E-state index contributed by atoms with van der Waals surface area (Å²) in [7, 11) is 2.70. The molecule has 0 bridgehead atoms. The Morgan fingerprint density at radius 1 is 1.48 bits per heavy atom. The van der Waals surface area contributed by atoms with Crippen LogP contribution in [0.25, 0.3) is 0 Å². The number of β-lactam (4-membered cyclic amide) rings is 1. The van der Waals surface area contributed by atoms with Crippen molar-refractivity contribution in [2.24, 2.45) is 5.16 Å². The van der Waals surface area contributed by atoms with Crippen LogP contribution in [-0.4, -0.2) is 71.4 Å². The largest absolute Gasteiger partial charge is 1.00 e. The number of nitrogens with two attached hydrogens (primary N) is 1. The Bertz CT molecular complexity index is 888.